The lowest BCUT2D eigenvalue weighted by atomic mass is 10.0. The molecule has 1 aromatic carbocycles. The van der Waals surface area contributed by atoms with E-state index in [4.69, 9.17) is 20.2 Å². The topological polar surface area (TPSA) is 72.1 Å². The summed E-state index contributed by atoms with van der Waals surface area (Å²) in [5, 5.41) is 3.42. The first kappa shape index (κ1) is 17.6. The summed E-state index contributed by atoms with van der Waals surface area (Å²) in [5.74, 6) is 1.39. The number of allylic oxidation sites excluding steroid dienone is 1. The second-order valence-corrected chi connectivity index (χ2v) is 6.31. The summed E-state index contributed by atoms with van der Waals surface area (Å²) in [7, 11) is 0. The number of hydrogen-bond acceptors (Lipinski definition) is 6. The highest BCUT2D eigenvalue weighted by atomic mass is 16.6. The van der Waals surface area contributed by atoms with Gasteiger partial charge in [0, 0.05) is 24.4 Å². The molecule has 6 heteroatoms. The van der Waals surface area contributed by atoms with Crippen molar-refractivity contribution in [3.8, 4) is 11.5 Å². The number of amidine groups is 1. The minimum absolute atomic E-state index is 0.552. The van der Waals surface area contributed by atoms with Gasteiger partial charge in [0.05, 0.1) is 0 Å². The Kier molecular flexibility index (Phi) is 5.18. The quantitative estimate of drug-likeness (QED) is 0.859. The van der Waals surface area contributed by atoms with Crippen LogP contribution in [0.2, 0.25) is 0 Å². The SMILES string of the molecule is CCCC1=CC(N(CC)CC)=NC(N)(c2ccc3c(c2)OCCO3)N1. The number of aliphatic imine (C=N–C) groups is 1. The Morgan fingerprint density at radius 2 is 1.88 bits per heavy atom. The molecular weight excluding hydrogens is 316 g/mol. The molecule has 0 amide bonds. The van der Waals surface area contributed by atoms with Gasteiger partial charge >= 0.3 is 0 Å². The van der Waals surface area contributed by atoms with Crippen molar-refractivity contribution in [2.75, 3.05) is 26.3 Å². The molecule has 0 saturated heterocycles. The van der Waals surface area contributed by atoms with E-state index < -0.39 is 5.79 Å². The van der Waals surface area contributed by atoms with Gasteiger partial charge in [0.2, 0.25) is 5.79 Å². The standard InChI is InChI=1S/C19H28N4O2/c1-4-7-15-13-18(23(5-2)6-3)22-19(20,21-15)14-8-9-16-17(12-14)25-11-10-24-16/h8-9,12-13,21H,4-7,10-11,20H2,1-3H3. The highest BCUT2D eigenvalue weighted by molar-refractivity contribution is 5.94. The first-order valence-electron chi connectivity index (χ1n) is 9.12. The summed E-state index contributed by atoms with van der Waals surface area (Å²) >= 11 is 0. The molecule has 0 aromatic heterocycles. The average Bonchev–Trinajstić information content (AvgIpc) is 2.62. The summed E-state index contributed by atoms with van der Waals surface area (Å²) in [6, 6.07) is 5.79. The van der Waals surface area contributed by atoms with Crippen LogP contribution in [0.15, 0.2) is 35.0 Å². The van der Waals surface area contributed by atoms with Gasteiger partial charge in [-0.15, -0.1) is 0 Å². The van der Waals surface area contributed by atoms with Crippen molar-refractivity contribution in [2.45, 2.75) is 39.4 Å². The summed E-state index contributed by atoms with van der Waals surface area (Å²) < 4.78 is 11.3. The molecule has 3 rings (SSSR count). The lowest BCUT2D eigenvalue weighted by Crippen LogP contribution is -2.52. The highest BCUT2D eigenvalue weighted by Gasteiger charge is 2.33. The molecule has 136 valence electrons. The molecule has 1 aromatic rings. The number of ether oxygens (including phenoxy) is 2. The number of nitrogens with two attached hydrogens (primary N) is 1. The minimum Gasteiger partial charge on any atom is -0.486 e. The number of nitrogens with zero attached hydrogens (tertiary/aromatic N) is 2. The molecule has 3 N–H and O–H groups in total. The third-order valence-electron chi connectivity index (χ3n) is 4.53. The molecule has 2 heterocycles. The van der Waals surface area contributed by atoms with Crippen molar-refractivity contribution >= 4 is 5.84 Å². The maximum atomic E-state index is 6.71. The third kappa shape index (κ3) is 3.58. The highest BCUT2D eigenvalue weighted by Crippen LogP contribution is 2.34. The van der Waals surface area contributed by atoms with Crippen molar-refractivity contribution in [2.24, 2.45) is 10.7 Å². The fourth-order valence-corrected chi connectivity index (χ4v) is 3.21. The normalized spacial score (nSPS) is 21.9. The van der Waals surface area contributed by atoms with E-state index in [1.165, 1.54) is 0 Å². The van der Waals surface area contributed by atoms with Crippen molar-refractivity contribution in [3.63, 3.8) is 0 Å². The summed E-state index contributed by atoms with van der Waals surface area (Å²) in [5.41, 5.74) is 8.68. The Balaban J connectivity index is 1.99. The number of likely N-dealkylation sites (N-methyl/N-ethyl adjacent to an activating group) is 1. The van der Waals surface area contributed by atoms with Gasteiger partial charge in [-0.25, -0.2) is 4.99 Å². The maximum absolute atomic E-state index is 6.71. The van der Waals surface area contributed by atoms with Crippen LogP contribution >= 0.6 is 0 Å². The van der Waals surface area contributed by atoms with Gasteiger partial charge < -0.3 is 19.7 Å². The van der Waals surface area contributed by atoms with Crippen LogP contribution in [0.4, 0.5) is 0 Å². The van der Waals surface area contributed by atoms with Gasteiger partial charge in [0.25, 0.3) is 0 Å². The van der Waals surface area contributed by atoms with Crippen molar-refractivity contribution in [3.05, 3.63) is 35.5 Å². The molecule has 1 unspecified atom stereocenters. The lowest BCUT2D eigenvalue weighted by Gasteiger charge is -2.36. The van der Waals surface area contributed by atoms with Crippen LogP contribution in [0.1, 0.15) is 39.2 Å². The van der Waals surface area contributed by atoms with Crippen LogP contribution in [-0.4, -0.2) is 37.0 Å². The third-order valence-corrected chi connectivity index (χ3v) is 4.53. The molecule has 0 spiro atoms. The first-order chi connectivity index (χ1) is 12.1. The Morgan fingerprint density at radius 1 is 1.16 bits per heavy atom. The monoisotopic (exact) mass is 344 g/mol. The molecule has 6 nitrogen and oxygen atoms in total. The second kappa shape index (κ2) is 7.35. The molecule has 2 aliphatic rings. The van der Waals surface area contributed by atoms with Crippen LogP contribution in [0, 0.1) is 0 Å². The molecule has 1 atom stereocenters. The zero-order valence-electron chi connectivity index (χ0n) is 15.3. The fourth-order valence-electron chi connectivity index (χ4n) is 3.21. The van der Waals surface area contributed by atoms with Crippen molar-refractivity contribution in [1.82, 2.24) is 10.2 Å². The van der Waals surface area contributed by atoms with Crippen molar-refractivity contribution < 1.29 is 9.47 Å². The zero-order chi connectivity index (χ0) is 17.9. The van der Waals surface area contributed by atoms with Gasteiger partial charge in [0.15, 0.2) is 11.5 Å². The van der Waals surface area contributed by atoms with Crippen molar-refractivity contribution in [1.29, 1.82) is 0 Å². The lowest BCUT2D eigenvalue weighted by molar-refractivity contribution is 0.171. The fraction of sp³-hybridized carbons (Fsp3) is 0.526. The van der Waals surface area contributed by atoms with Gasteiger partial charge in [-0.2, -0.15) is 0 Å². The Bertz CT molecular complexity index is 682. The molecule has 0 saturated carbocycles. The summed E-state index contributed by atoms with van der Waals surface area (Å²) in [4.78, 5) is 7.06. The molecule has 0 fully saturated rings. The van der Waals surface area contributed by atoms with Gasteiger partial charge in [-0.3, -0.25) is 5.73 Å². The average molecular weight is 344 g/mol. The number of hydrogen-bond donors (Lipinski definition) is 2. The van der Waals surface area contributed by atoms with Crippen LogP contribution in [-0.2, 0) is 5.79 Å². The summed E-state index contributed by atoms with van der Waals surface area (Å²) in [6.45, 7) is 9.33. The Labute approximate surface area is 149 Å². The molecule has 2 aliphatic heterocycles. The van der Waals surface area contributed by atoms with Gasteiger partial charge in [-0.1, -0.05) is 13.3 Å². The zero-order valence-corrected chi connectivity index (χ0v) is 15.3. The van der Waals surface area contributed by atoms with Crippen LogP contribution < -0.4 is 20.5 Å². The number of nitrogens with one attached hydrogen (secondary N) is 1. The predicted molar refractivity (Wildman–Crippen MR) is 99.8 cm³/mol. The maximum Gasteiger partial charge on any atom is 0.211 e. The van der Waals surface area contributed by atoms with E-state index in [9.17, 15) is 0 Å². The van der Waals surface area contributed by atoms with E-state index >= 15 is 0 Å². The van der Waals surface area contributed by atoms with Crippen LogP contribution in [0.5, 0.6) is 11.5 Å². The number of rotatable bonds is 5. The van der Waals surface area contributed by atoms with E-state index in [0.717, 1.165) is 54.5 Å². The van der Waals surface area contributed by atoms with E-state index in [1.807, 2.05) is 18.2 Å². The molecule has 25 heavy (non-hydrogen) atoms. The van der Waals surface area contributed by atoms with Gasteiger partial charge in [-0.05, 0) is 44.5 Å². The number of fused-ring (bicyclic) bond motifs is 1. The summed E-state index contributed by atoms with van der Waals surface area (Å²) in [6.07, 6.45) is 4.09. The van der Waals surface area contributed by atoms with E-state index in [2.05, 4.69) is 37.1 Å². The van der Waals surface area contributed by atoms with E-state index in [1.54, 1.807) is 0 Å². The molecular formula is C19H28N4O2. The molecule has 0 bridgehead atoms. The van der Waals surface area contributed by atoms with Crippen LogP contribution in [0.25, 0.3) is 0 Å². The predicted octanol–water partition coefficient (Wildman–Crippen LogP) is 2.55. The first-order valence-corrected chi connectivity index (χ1v) is 9.12. The minimum atomic E-state index is -1.01. The van der Waals surface area contributed by atoms with E-state index in [-0.39, 0.29) is 0 Å². The Hall–Kier alpha value is -2.21. The van der Waals surface area contributed by atoms with E-state index in [0.29, 0.717) is 13.2 Å². The van der Waals surface area contributed by atoms with Gasteiger partial charge in [0.1, 0.15) is 19.0 Å². The smallest absolute Gasteiger partial charge is 0.211 e. The largest absolute Gasteiger partial charge is 0.486 e. The second-order valence-electron chi connectivity index (χ2n) is 6.31. The molecule has 0 aliphatic carbocycles. The number of benzene rings is 1. The molecule has 0 radical (unpaired) electrons. The Morgan fingerprint density at radius 3 is 2.56 bits per heavy atom. The van der Waals surface area contributed by atoms with Crippen LogP contribution in [0.3, 0.4) is 0 Å².